The molecule has 2 amide bonds. The number of rotatable bonds is 6. The van der Waals surface area contributed by atoms with Gasteiger partial charge < -0.3 is 25.0 Å². The maximum atomic E-state index is 13.9. The molecule has 196 valence electrons. The Labute approximate surface area is 220 Å². The van der Waals surface area contributed by atoms with Crippen LogP contribution in [0, 0.1) is 0 Å². The number of alkyl halides is 3. The molecule has 37 heavy (non-hydrogen) atoms. The zero-order chi connectivity index (χ0) is 26.9. The van der Waals surface area contributed by atoms with Crippen LogP contribution in [0.1, 0.15) is 18.1 Å². The summed E-state index contributed by atoms with van der Waals surface area (Å²) in [6.45, 7) is 1.02. The molecule has 0 radical (unpaired) electrons. The van der Waals surface area contributed by atoms with Gasteiger partial charge in [-0.15, -0.1) is 0 Å². The fourth-order valence-corrected chi connectivity index (χ4v) is 4.59. The Bertz CT molecular complexity index is 1350. The van der Waals surface area contributed by atoms with Gasteiger partial charge >= 0.3 is 6.18 Å². The van der Waals surface area contributed by atoms with E-state index in [0.29, 0.717) is 11.3 Å². The summed E-state index contributed by atoms with van der Waals surface area (Å²) >= 11 is 3.44. The lowest BCUT2D eigenvalue weighted by atomic mass is 10.0. The molecular formula is C26H25BrF3N3O4. The Morgan fingerprint density at radius 2 is 2.00 bits per heavy atom. The molecule has 1 heterocycles. The summed E-state index contributed by atoms with van der Waals surface area (Å²) in [6.07, 6.45) is -4.72. The van der Waals surface area contributed by atoms with Crippen molar-refractivity contribution in [3.05, 3.63) is 64.1 Å². The number of para-hydroxylation sites is 1. The van der Waals surface area contributed by atoms with Gasteiger partial charge in [-0.2, -0.15) is 13.2 Å². The van der Waals surface area contributed by atoms with Gasteiger partial charge in [-0.05, 0) is 55.1 Å². The van der Waals surface area contributed by atoms with Gasteiger partial charge in [0, 0.05) is 10.0 Å². The van der Waals surface area contributed by atoms with Crippen LogP contribution < -0.4 is 25.0 Å². The van der Waals surface area contributed by atoms with Crippen LogP contribution in [-0.4, -0.2) is 44.7 Å². The van der Waals surface area contributed by atoms with Crippen LogP contribution in [-0.2, 0) is 22.3 Å². The van der Waals surface area contributed by atoms with Crippen LogP contribution in [0.5, 0.6) is 11.5 Å². The Morgan fingerprint density at radius 1 is 1.24 bits per heavy atom. The summed E-state index contributed by atoms with van der Waals surface area (Å²) in [5.41, 5.74) is -0.457. The standard InChI is InChI=1S/C26H25BrF3N3O4/c1-14(31-2)24(34)32-20-13-37-23-19(26(28,29)30)5-4-6-21(23)33(25(20)35)12-18-17-9-8-16(27)11-15(17)7-10-22(18)36-3/h4-11,14,20,31H,12-13H2,1-3H3,(H,32,34)/t14-,20?/m0/s1. The maximum absolute atomic E-state index is 13.9. The van der Waals surface area contributed by atoms with Crippen LogP contribution in [0.25, 0.3) is 10.8 Å². The Morgan fingerprint density at radius 3 is 2.68 bits per heavy atom. The van der Waals surface area contributed by atoms with E-state index in [1.807, 2.05) is 24.3 Å². The smallest absolute Gasteiger partial charge is 0.420 e. The van der Waals surface area contributed by atoms with Crippen LogP contribution in [0.3, 0.4) is 0 Å². The van der Waals surface area contributed by atoms with E-state index in [9.17, 15) is 22.8 Å². The number of ether oxygens (including phenoxy) is 2. The van der Waals surface area contributed by atoms with Crippen LogP contribution in [0.4, 0.5) is 18.9 Å². The number of carbonyl (C=O) groups excluding carboxylic acids is 2. The number of benzene rings is 3. The third kappa shape index (κ3) is 5.37. The van der Waals surface area contributed by atoms with E-state index in [0.717, 1.165) is 21.3 Å². The molecule has 1 unspecified atom stereocenters. The number of anilines is 1. The van der Waals surface area contributed by atoms with Gasteiger partial charge in [0.05, 0.1) is 30.9 Å². The first kappa shape index (κ1) is 26.7. The van der Waals surface area contributed by atoms with Gasteiger partial charge in [0.1, 0.15) is 18.4 Å². The molecular weight excluding hydrogens is 555 g/mol. The number of likely N-dealkylation sites (N-methyl/N-ethyl adjacent to an activating group) is 1. The number of methoxy groups -OCH3 is 1. The van der Waals surface area contributed by atoms with Gasteiger partial charge in [0.25, 0.3) is 5.91 Å². The average Bonchev–Trinajstić information content (AvgIpc) is 2.99. The highest BCUT2D eigenvalue weighted by Gasteiger charge is 2.40. The highest BCUT2D eigenvalue weighted by molar-refractivity contribution is 9.10. The maximum Gasteiger partial charge on any atom is 0.420 e. The minimum atomic E-state index is -4.72. The van der Waals surface area contributed by atoms with Crippen LogP contribution in [0.15, 0.2) is 53.0 Å². The number of nitrogens with one attached hydrogen (secondary N) is 2. The minimum Gasteiger partial charge on any atom is -0.496 e. The summed E-state index contributed by atoms with van der Waals surface area (Å²) in [5, 5.41) is 6.99. The van der Waals surface area contributed by atoms with Crippen molar-refractivity contribution in [2.75, 3.05) is 25.7 Å². The van der Waals surface area contributed by atoms with Crippen molar-refractivity contribution in [1.29, 1.82) is 0 Å². The summed E-state index contributed by atoms with van der Waals surface area (Å²) in [7, 11) is 3.06. The largest absolute Gasteiger partial charge is 0.496 e. The monoisotopic (exact) mass is 579 g/mol. The molecule has 4 rings (SSSR count). The number of fused-ring (bicyclic) bond motifs is 2. The second-order valence-corrected chi connectivity index (χ2v) is 9.49. The predicted molar refractivity (Wildman–Crippen MR) is 137 cm³/mol. The number of hydrogen-bond acceptors (Lipinski definition) is 5. The molecule has 0 bridgehead atoms. The van der Waals surface area contributed by atoms with Gasteiger partial charge in [-0.25, -0.2) is 0 Å². The molecule has 7 nitrogen and oxygen atoms in total. The van der Waals surface area contributed by atoms with Crippen molar-refractivity contribution in [3.8, 4) is 11.5 Å². The summed E-state index contributed by atoms with van der Waals surface area (Å²) in [4.78, 5) is 27.6. The molecule has 0 saturated heterocycles. The lowest BCUT2D eigenvalue weighted by Crippen LogP contribution is -2.53. The number of nitrogens with zero attached hydrogens (tertiary/aromatic N) is 1. The molecule has 0 aromatic heterocycles. The van der Waals surface area contributed by atoms with Crippen molar-refractivity contribution in [2.45, 2.75) is 31.7 Å². The zero-order valence-electron chi connectivity index (χ0n) is 20.3. The third-order valence-corrected chi connectivity index (χ3v) is 6.77. The van der Waals surface area contributed by atoms with E-state index < -0.39 is 48.0 Å². The second kappa shape index (κ2) is 10.6. The molecule has 2 N–H and O–H groups in total. The molecule has 0 aliphatic carbocycles. The lowest BCUT2D eigenvalue weighted by Gasteiger charge is -2.27. The van der Waals surface area contributed by atoms with Gasteiger partial charge in [0.2, 0.25) is 5.91 Å². The predicted octanol–water partition coefficient (Wildman–Crippen LogP) is 4.65. The van der Waals surface area contributed by atoms with Crippen molar-refractivity contribution < 1.29 is 32.2 Å². The van der Waals surface area contributed by atoms with E-state index in [4.69, 9.17) is 9.47 Å². The molecule has 0 saturated carbocycles. The highest BCUT2D eigenvalue weighted by Crippen LogP contribution is 2.44. The summed E-state index contributed by atoms with van der Waals surface area (Å²) in [6, 6.07) is 10.8. The summed E-state index contributed by atoms with van der Waals surface area (Å²) in [5.74, 6) is -1.10. The first-order chi connectivity index (χ1) is 17.5. The molecule has 3 aromatic rings. The van der Waals surface area contributed by atoms with E-state index in [-0.39, 0.29) is 12.2 Å². The van der Waals surface area contributed by atoms with Gasteiger partial charge in [0.15, 0.2) is 5.75 Å². The van der Waals surface area contributed by atoms with E-state index in [1.54, 1.807) is 20.0 Å². The van der Waals surface area contributed by atoms with Crippen molar-refractivity contribution >= 4 is 44.2 Å². The number of hydrogen-bond donors (Lipinski definition) is 2. The fraction of sp³-hybridized carbons (Fsp3) is 0.308. The highest BCUT2D eigenvalue weighted by atomic mass is 79.9. The molecule has 1 aliphatic rings. The Hall–Kier alpha value is -3.31. The molecule has 1 aliphatic heterocycles. The van der Waals surface area contributed by atoms with Crippen molar-refractivity contribution in [3.63, 3.8) is 0 Å². The SMILES string of the molecule is CN[C@@H](C)C(=O)NC1COc2c(cccc2C(F)(F)F)N(Cc2c(OC)ccc3cc(Br)ccc23)C1=O. The summed E-state index contributed by atoms with van der Waals surface area (Å²) < 4.78 is 53.7. The zero-order valence-corrected chi connectivity index (χ0v) is 21.9. The number of carbonyl (C=O) groups is 2. The van der Waals surface area contributed by atoms with E-state index in [2.05, 4.69) is 26.6 Å². The molecule has 0 spiro atoms. The van der Waals surface area contributed by atoms with Crippen molar-refractivity contribution in [1.82, 2.24) is 10.6 Å². The number of halogens is 4. The Balaban J connectivity index is 1.86. The lowest BCUT2D eigenvalue weighted by molar-refractivity contribution is -0.139. The first-order valence-corrected chi connectivity index (χ1v) is 12.2. The van der Waals surface area contributed by atoms with Crippen LogP contribution in [0.2, 0.25) is 0 Å². The third-order valence-electron chi connectivity index (χ3n) is 6.28. The fourth-order valence-electron chi connectivity index (χ4n) is 4.21. The Kier molecular flexibility index (Phi) is 7.65. The topological polar surface area (TPSA) is 79.9 Å². The normalized spacial score (nSPS) is 16.6. The van der Waals surface area contributed by atoms with E-state index >= 15 is 0 Å². The molecule has 3 aromatic carbocycles. The second-order valence-electron chi connectivity index (χ2n) is 8.57. The number of amides is 2. The average molecular weight is 580 g/mol. The molecule has 2 atom stereocenters. The van der Waals surface area contributed by atoms with Gasteiger partial charge in [-0.1, -0.05) is 34.1 Å². The molecule has 0 fully saturated rings. The van der Waals surface area contributed by atoms with Gasteiger partial charge in [-0.3, -0.25) is 9.59 Å². The first-order valence-electron chi connectivity index (χ1n) is 11.4. The quantitative estimate of drug-likeness (QED) is 0.444. The van der Waals surface area contributed by atoms with E-state index in [1.165, 1.54) is 24.1 Å². The van der Waals surface area contributed by atoms with Crippen LogP contribution >= 0.6 is 15.9 Å². The van der Waals surface area contributed by atoms with Crippen molar-refractivity contribution in [2.24, 2.45) is 0 Å². The molecule has 11 heteroatoms. The minimum absolute atomic E-state index is 0.0468.